The van der Waals surface area contributed by atoms with Gasteiger partial charge in [-0.25, -0.2) is 4.79 Å². The van der Waals surface area contributed by atoms with E-state index in [1.165, 1.54) is 18.4 Å². The Kier molecular flexibility index (Phi) is 3.22. The molecule has 0 aromatic carbocycles. The number of fused-ring (bicyclic) bond motifs is 1. The van der Waals surface area contributed by atoms with E-state index in [-0.39, 0.29) is 11.7 Å². The van der Waals surface area contributed by atoms with Gasteiger partial charge < -0.3 is 9.72 Å². The van der Waals surface area contributed by atoms with Gasteiger partial charge in [-0.1, -0.05) is 0 Å². The van der Waals surface area contributed by atoms with Crippen LogP contribution in [0.4, 0.5) is 0 Å². The number of aromatic amines is 1. The van der Waals surface area contributed by atoms with E-state index in [0.29, 0.717) is 16.8 Å². The van der Waals surface area contributed by atoms with Crippen molar-refractivity contribution in [3.8, 4) is 0 Å². The van der Waals surface area contributed by atoms with Crippen LogP contribution in [0.5, 0.6) is 0 Å². The van der Waals surface area contributed by atoms with Gasteiger partial charge in [-0.2, -0.15) is 0 Å². The highest BCUT2D eigenvalue weighted by Crippen LogP contribution is 2.31. The molecule has 90 valence electrons. The van der Waals surface area contributed by atoms with Crippen molar-refractivity contribution < 1.29 is 14.3 Å². The first-order valence-electron chi connectivity index (χ1n) is 4.88. The molecule has 2 aromatic heterocycles. The summed E-state index contributed by atoms with van der Waals surface area (Å²) in [6.07, 6.45) is 0. The van der Waals surface area contributed by atoms with Gasteiger partial charge >= 0.3 is 5.97 Å². The molecule has 17 heavy (non-hydrogen) atoms. The van der Waals surface area contributed by atoms with Gasteiger partial charge in [0.1, 0.15) is 5.69 Å². The maximum atomic E-state index is 11.7. The Morgan fingerprint density at radius 1 is 1.53 bits per heavy atom. The van der Waals surface area contributed by atoms with Crippen molar-refractivity contribution in [2.24, 2.45) is 0 Å². The van der Waals surface area contributed by atoms with Crippen LogP contribution in [0.1, 0.15) is 25.7 Å². The monoisotopic (exact) mass is 271 g/mol. The van der Waals surface area contributed by atoms with E-state index >= 15 is 0 Å². The summed E-state index contributed by atoms with van der Waals surface area (Å²) in [6.45, 7) is 1.86. The van der Waals surface area contributed by atoms with Gasteiger partial charge in [-0.05, 0) is 13.0 Å². The molecular formula is C11H10ClNO3S. The number of carbonyl (C=O) groups excluding carboxylic acids is 2. The Balaban J connectivity index is 2.60. The number of aromatic nitrogens is 1. The van der Waals surface area contributed by atoms with E-state index < -0.39 is 5.97 Å². The number of ether oxygens (including phenoxy) is 1. The number of thiophene rings is 1. The summed E-state index contributed by atoms with van der Waals surface area (Å²) in [7, 11) is 1.31. The van der Waals surface area contributed by atoms with Crippen LogP contribution in [0.15, 0.2) is 6.07 Å². The lowest BCUT2D eigenvalue weighted by Gasteiger charge is -1.96. The highest BCUT2D eigenvalue weighted by molar-refractivity contribution is 7.19. The van der Waals surface area contributed by atoms with Gasteiger partial charge in [0.2, 0.25) is 0 Å². The number of hydrogen-bond donors (Lipinski definition) is 1. The minimum Gasteiger partial charge on any atom is -0.464 e. The third kappa shape index (κ3) is 1.96. The average Bonchev–Trinajstić information content (AvgIpc) is 2.83. The molecular weight excluding hydrogens is 262 g/mol. The van der Waals surface area contributed by atoms with Crippen molar-refractivity contribution in [2.75, 3.05) is 13.0 Å². The maximum absolute atomic E-state index is 11.7. The van der Waals surface area contributed by atoms with Crippen molar-refractivity contribution in [1.29, 1.82) is 0 Å². The van der Waals surface area contributed by atoms with E-state index in [1.807, 2.05) is 6.92 Å². The van der Waals surface area contributed by atoms with Gasteiger partial charge in [0, 0.05) is 4.88 Å². The Morgan fingerprint density at radius 2 is 2.24 bits per heavy atom. The summed E-state index contributed by atoms with van der Waals surface area (Å²) in [4.78, 5) is 26.9. The van der Waals surface area contributed by atoms with E-state index in [4.69, 9.17) is 11.6 Å². The van der Waals surface area contributed by atoms with Crippen molar-refractivity contribution in [1.82, 2.24) is 4.98 Å². The van der Waals surface area contributed by atoms with Crippen LogP contribution in [0.25, 0.3) is 10.2 Å². The summed E-state index contributed by atoms with van der Waals surface area (Å²) in [5.74, 6) is -0.664. The molecule has 2 aromatic rings. The number of nitrogens with one attached hydrogen (secondary N) is 1. The van der Waals surface area contributed by atoms with E-state index in [1.54, 1.807) is 6.07 Å². The molecule has 6 heteroatoms. The molecule has 2 rings (SSSR count). The van der Waals surface area contributed by atoms with Crippen LogP contribution >= 0.6 is 22.9 Å². The Bertz CT molecular complexity index is 599. The van der Waals surface area contributed by atoms with Crippen molar-refractivity contribution in [3.05, 3.63) is 22.2 Å². The quantitative estimate of drug-likeness (QED) is 0.530. The number of H-pyrrole nitrogens is 1. The fraction of sp³-hybridized carbons (Fsp3) is 0.273. The molecule has 0 amide bonds. The van der Waals surface area contributed by atoms with Crippen LogP contribution in [0.2, 0.25) is 0 Å². The van der Waals surface area contributed by atoms with Gasteiger partial charge in [-0.15, -0.1) is 22.9 Å². The smallest absolute Gasteiger partial charge is 0.354 e. The van der Waals surface area contributed by atoms with Crippen LogP contribution in [0, 0.1) is 6.92 Å². The molecule has 0 saturated carbocycles. The van der Waals surface area contributed by atoms with E-state index in [2.05, 4.69) is 9.72 Å². The first kappa shape index (κ1) is 12.1. The minimum absolute atomic E-state index is 0.0702. The van der Waals surface area contributed by atoms with Crippen LogP contribution in [-0.2, 0) is 4.74 Å². The topological polar surface area (TPSA) is 59.2 Å². The molecule has 0 aliphatic heterocycles. The average molecular weight is 272 g/mol. The lowest BCUT2D eigenvalue weighted by Crippen LogP contribution is -2.03. The van der Waals surface area contributed by atoms with Crippen molar-refractivity contribution in [2.45, 2.75) is 6.92 Å². The predicted octanol–water partition coefficient (Wildman–Crippen LogP) is 2.75. The molecule has 0 atom stereocenters. The lowest BCUT2D eigenvalue weighted by molar-refractivity contribution is 0.0595. The highest BCUT2D eigenvalue weighted by atomic mass is 35.5. The number of ketones is 1. The SMILES string of the molecule is COC(=O)c1cc2sc(C)c(C(=O)CCl)c2[nH]1. The van der Waals surface area contributed by atoms with Crippen LogP contribution in [-0.4, -0.2) is 29.7 Å². The molecule has 0 fully saturated rings. The van der Waals surface area contributed by atoms with Gasteiger partial charge in [0.15, 0.2) is 5.78 Å². The van der Waals surface area contributed by atoms with Crippen molar-refractivity contribution >= 4 is 44.9 Å². The molecule has 0 aliphatic rings. The third-order valence-electron chi connectivity index (χ3n) is 2.45. The summed E-state index contributed by atoms with van der Waals surface area (Å²) in [5.41, 5.74) is 1.58. The zero-order chi connectivity index (χ0) is 12.6. The van der Waals surface area contributed by atoms with Crippen molar-refractivity contribution in [3.63, 3.8) is 0 Å². The first-order valence-corrected chi connectivity index (χ1v) is 6.23. The largest absolute Gasteiger partial charge is 0.464 e. The van der Waals surface area contributed by atoms with E-state index in [9.17, 15) is 9.59 Å². The second-order valence-electron chi connectivity index (χ2n) is 3.50. The summed E-state index contributed by atoms with van der Waals surface area (Å²) < 4.78 is 5.47. The molecule has 0 bridgehead atoms. The number of rotatable bonds is 3. The van der Waals surface area contributed by atoms with Gasteiger partial charge in [-0.3, -0.25) is 4.79 Å². The number of alkyl halides is 1. The molecule has 0 unspecified atom stereocenters. The molecule has 1 N–H and O–H groups in total. The maximum Gasteiger partial charge on any atom is 0.354 e. The minimum atomic E-state index is -0.449. The molecule has 0 aliphatic carbocycles. The normalized spacial score (nSPS) is 10.8. The first-order chi connectivity index (χ1) is 8.08. The van der Waals surface area contributed by atoms with Gasteiger partial charge in [0.05, 0.1) is 28.8 Å². The highest BCUT2D eigenvalue weighted by Gasteiger charge is 2.19. The standard InChI is InChI=1S/C11H10ClNO3S/c1-5-9(7(14)4-12)10-8(17-5)3-6(13-10)11(15)16-2/h3,13H,4H2,1-2H3. The second-order valence-corrected chi connectivity index (χ2v) is 5.03. The summed E-state index contributed by atoms with van der Waals surface area (Å²) in [6, 6.07) is 1.68. The van der Waals surface area contributed by atoms with Gasteiger partial charge in [0.25, 0.3) is 0 Å². The van der Waals surface area contributed by atoms with E-state index in [0.717, 1.165) is 9.58 Å². The fourth-order valence-corrected chi connectivity index (χ4v) is 2.93. The number of aryl methyl sites for hydroxylation is 1. The molecule has 0 radical (unpaired) electrons. The molecule has 4 nitrogen and oxygen atoms in total. The molecule has 2 heterocycles. The number of halogens is 1. The zero-order valence-corrected chi connectivity index (χ0v) is 10.9. The number of esters is 1. The second kappa shape index (κ2) is 4.50. The lowest BCUT2D eigenvalue weighted by atomic mass is 10.2. The fourth-order valence-electron chi connectivity index (χ4n) is 1.72. The van der Waals surface area contributed by atoms with Crippen LogP contribution < -0.4 is 0 Å². The summed E-state index contributed by atoms with van der Waals surface area (Å²) >= 11 is 7.01. The Labute approximate surface area is 107 Å². The zero-order valence-electron chi connectivity index (χ0n) is 9.30. The third-order valence-corrected chi connectivity index (χ3v) is 3.75. The number of Topliss-reactive ketones (excluding diaryl/α,β-unsaturated/α-hetero) is 1. The Morgan fingerprint density at radius 3 is 2.82 bits per heavy atom. The number of methoxy groups -OCH3 is 1. The summed E-state index contributed by atoms with van der Waals surface area (Å²) in [5, 5.41) is 0. The number of hydrogen-bond acceptors (Lipinski definition) is 4. The van der Waals surface area contributed by atoms with Crippen LogP contribution in [0.3, 0.4) is 0 Å². The Hall–Kier alpha value is -1.33. The number of carbonyl (C=O) groups is 2. The molecule has 0 saturated heterocycles. The molecule has 0 spiro atoms. The predicted molar refractivity (Wildman–Crippen MR) is 67.3 cm³/mol.